The number of carboxylic acid groups (broad SMARTS) is 1. The van der Waals surface area contributed by atoms with Gasteiger partial charge in [-0.05, 0) is 38.7 Å². The smallest absolute Gasteiger partial charge is 0.306 e. The molecule has 1 aliphatic rings. The second-order valence-electron chi connectivity index (χ2n) is 6.71. The molecule has 0 atom stereocenters. The topological polar surface area (TPSA) is 98.3 Å². The van der Waals surface area contributed by atoms with Crippen LogP contribution in [0.3, 0.4) is 0 Å². The highest BCUT2D eigenvalue weighted by molar-refractivity contribution is 5.82. The molecule has 9 heteroatoms. The zero-order chi connectivity index (χ0) is 18.4. The highest BCUT2D eigenvalue weighted by atomic mass is 19.3. The van der Waals surface area contributed by atoms with E-state index in [1.807, 2.05) is 6.92 Å². The van der Waals surface area contributed by atoms with Crippen molar-refractivity contribution < 1.29 is 23.6 Å². The molecule has 3 rings (SSSR count). The number of rotatable bonds is 4. The molecule has 0 radical (unpaired) electrons. The number of hydrogen-bond donors (Lipinski definition) is 1. The predicted molar refractivity (Wildman–Crippen MR) is 84.6 cm³/mol. The number of aromatic nitrogens is 2. The molecule has 2 aromatic rings. The number of fused-ring (bicyclic) bond motifs is 1. The summed E-state index contributed by atoms with van der Waals surface area (Å²) in [6.07, 6.45) is 0.827. The van der Waals surface area contributed by atoms with Gasteiger partial charge in [0.05, 0.1) is 27.5 Å². The summed E-state index contributed by atoms with van der Waals surface area (Å²) >= 11 is 0. The van der Waals surface area contributed by atoms with E-state index in [1.54, 1.807) is 10.9 Å². The van der Waals surface area contributed by atoms with Crippen molar-refractivity contribution in [3.8, 4) is 0 Å². The van der Waals surface area contributed by atoms with Gasteiger partial charge in [-0.2, -0.15) is 5.10 Å². The number of aliphatic carboxylic acids is 1. The van der Waals surface area contributed by atoms with Gasteiger partial charge < -0.3 is 5.11 Å². The molecule has 1 fully saturated rings. The van der Waals surface area contributed by atoms with Gasteiger partial charge in [-0.15, -0.1) is 0 Å². The van der Waals surface area contributed by atoms with Gasteiger partial charge in [0.1, 0.15) is 0 Å². The molecule has 0 aliphatic heterocycles. The molecule has 25 heavy (non-hydrogen) atoms. The summed E-state index contributed by atoms with van der Waals surface area (Å²) in [7, 11) is 0. The van der Waals surface area contributed by atoms with E-state index < -0.39 is 34.1 Å². The van der Waals surface area contributed by atoms with Gasteiger partial charge in [0.15, 0.2) is 0 Å². The van der Waals surface area contributed by atoms with Crippen LogP contribution < -0.4 is 0 Å². The minimum absolute atomic E-state index is 0.266. The molecule has 7 nitrogen and oxygen atoms in total. The maximum absolute atomic E-state index is 13.1. The first kappa shape index (κ1) is 17.2. The fraction of sp³-hybridized carbons (Fsp3) is 0.500. The third kappa shape index (κ3) is 3.06. The number of hydrogen-bond acceptors (Lipinski definition) is 4. The average molecular weight is 353 g/mol. The van der Waals surface area contributed by atoms with Crippen LogP contribution in [0.2, 0.25) is 0 Å². The monoisotopic (exact) mass is 353 g/mol. The lowest BCUT2D eigenvalue weighted by molar-refractivity contribution is -0.386. The zero-order valence-corrected chi connectivity index (χ0v) is 13.5. The Morgan fingerprint density at radius 3 is 2.60 bits per heavy atom. The van der Waals surface area contributed by atoms with Crippen molar-refractivity contribution in [2.75, 3.05) is 0 Å². The fourth-order valence-electron chi connectivity index (χ4n) is 3.40. The number of benzene rings is 1. The van der Waals surface area contributed by atoms with Gasteiger partial charge in [-0.1, -0.05) is 0 Å². The molecule has 1 saturated carbocycles. The second kappa shape index (κ2) is 6.05. The molecule has 1 heterocycles. The standard InChI is InChI=1S/C16H17F2N3O4/c1-16(4-2-9(3-5-16)15(22)23)20-8-10-6-13(21(24)25)11(14(17)18)7-12(10)19-20/h6-9,14H,2-5H2,1H3,(H,22,23). The van der Waals surface area contributed by atoms with E-state index in [-0.39, 0.29) is 11.4 Å². The fourth-order valence-corrected chi connectivity index (χ4v) is 3.40. The number of nitro benzene ring substituents is 1. The van der Waals surface area contributed by atoms with E-state index >= 15 is 0 Å². The van der Waals surface area contributed by atoms with Crippen LogP contribution in [-0.2, 0) is 10.3 Å². The van der Waals surface area contributed by atoms with E-state index in [4.69, 9.17) is 5.11 Å². The Labute approximate surface area is 141 Å². The summed E-state index contributed by atoms with van der Waals surface area (Å²) < 4.78 is 27.8. The Morgan fingerprint density at radius 2 is 2.08 bits per heavy atom. The van der Waals surface area contributed by atoms with Crippen LogP contribution in [0.5, 0.6) is 0 Å². The molecule has 0 unspecified atom stereocenters. The van der Waals surface area contributed by atoms with Gasteiger partial charge in [-0.3, -0.25) is 19.6 Å². The normalized spacial score (nSPS) is 23.9. The van der Waals surface area contributed by atoms with Crippen LogP contribution >= 0.6 is 0 Å². The highest BCUT2D eigenvalue weighted by Crippen LogP contribution is 2.39. The summed E-state index contributed by atoms with van der Waals surface area (Å²) in [6, 6.07) is 2.17. The summed E-state index contributed by atoms with van der Waals surface area (Å²) in [5, 5.41) is 24.9. The van der Waals surface area contributed by atoms with E-state index in [9.17, 15) is 23.7 Å². The largest absolute Gasteiger partial charge is 0.481 e. The van der Waals surface area contributed by atoms with E-state index in [2.05, 4.69) is 5.10 Å². The molecular formula is C16H17F2N3O4. The van der Waals surface area contributed by atoms with Crippen molar-refractivity contribution >= 4 is 22.6 Å². The van der Waals surface area contributed by atoms with Crippen LogP contribution in [-0.4, -0.2) is 25.8 Å². The average Bonchev–Trinajstić information content (AvgIpc) is 2.97. The Hall–Kier alpha value is -2.58. The van der Waals surface area contributed by atoms with Crippen molar-refractivity contribution in [3.63, 3.8) is 0 Å². The third-order valence-electron chi connectivity index (χ3n) is 5.05. The summed E-state index contributed by atoms with van der Waals surface area (Å²) in [4.78, 5) is 21.3. The van der Waals surface area contributed by atoms with Gasteiger partial charge in [0.2, 0.25) is 0 Å². The van der Waals surface area contributed by atoms with Crippen molar-refractivity contribution in [2.45, 2.75) is 44.6 Å². The SMILES string of the molecule is CC1(n2cc3cc([N+](=O)[O-])c(C(F)F)cc3n2)CCC(C(=O)O)CC1. The number of alkyl halides is 2. The molecule has 0 bridgehead atoms. The first-order valence-corrected chi connectivity index (χ1v) is 7.90. The van der Waals surface area contributed by atoms with Crippen LogP contribution in [0, 0.1) is 16.0 Å². The molecule has 1 aromatic carbocycles. The summed E-state index contributed by atoms with van der Waals surface area (Å²) in [6.45, 7) is 1.93. The maximum Gasteiger partial charge on any atom is 0.306 e. The van der Waals surface area contributed by atoms with Crippen molar-refractivity contribution in [2.24, 2.45) is 5.92 Å². The predicted octanol–water partition coefficient (Wildman–Crippen LogP) is 3.87. The summed E-state index contributed by atoms with van der Waals surface area (Å²) in [5.74, 6) is -1.20. The number of nitro groups is 1. The van der Waals surface area contributed by atoms with Gasteiger partial charge in [0.25, 0.3) is 12.1 Å². The van der Waals surface area contributed by atoms with Crippen molar-refractivity contribution in [1.29, 1.82) is 0 Å². The maximum atomic E-state index is 13.1. The van der Waals surface area contributed by atoms with E-state index in [1.165, 1.54) is 0 Å². The molecule has 1 aromatic heterocycles. The van der Waals surface area contributed by atoms with Gasteiger partial charge in [0, 0.05) is 17.6 Å². The number of nitrogens with zero attached hydrogens (tertiary/aromatic N) is 3. The Bertz CT molecular complexity index is 841. The lowest BCUT2D eigenvalue weighted by atomic mass is 9.78. The molecule has 1 N–H and O–H groups in total. The molecular weight excluding hydrogens is 336 g/mol. The second-order valence-corrected chi connectivity index (χ2v) is 6.71. The third-order valence-corrected chi connectivity index (χ3v) is 5.05. The molecule has 0 saturated heterocycles. The number of carbonyl (C=O) groups is 1. The van der Waals surface area contributed by atoms with Crippen LogP contribution in [0.15, 0.2) is 18.3 Å². The van der Waals surface area contributed by atoms with Gasteiger partial charge >= 0.3 is 5.97 Å². The highest BCUT2D eigenvalue weighted by Gasteiger charge is 2.36. The van der Waals surface area contributed by atoms with Crippen LogP contribution in [0.4, 0.5) is 14.5 Å². The Balaban J connectivity index is 1.99. The lowest BCUT2D eigenvalue weighted by Crippen LogP contribution is -2.36. The lowest BCUT2D eigenvalue weighted by Gasteiger charge is -2.36. The quantitative estimate of drug-likeness (QED) is 0.664. The van der Waals surface area contributed by atoms with Crippen LogP contribution in [0.1, 0.15) is 44.6 Å². The Kier molecular flexibility index (Phi) is 4.18. The van der Waals surface area contributed by atoms with Crippen LogP contribution in [0.25, 0.3) is 10.9 Å². The first-order chi connectivity index (χ1) is 11.7. The first-order valence-electron chi connectivity index (χ1n) is 7.90. The minimum atomic E-state index is -2.96. The van der Waals surface area contributed by atoms with E-state index in [0.29, 0.717) is 31.1 Å². The Morgan fingerprint density at radius 1 is 1.44 bits per heavy atom. The molecule has 0 amide bonds. The molecule has 0 spiro atoms. The number of halogens is 2. The van der Waals surface area contributed by atoms with Crippen molar-refractivity contribution in [3.05, 3.63) is 34.0 Å². The zero-order valence-electron chi connectivity index (χ0n) is 13.5. The summed E-state index contributed by atoms with van der Waals surface area (Å²) in [5.41, 5.74) is -1.45. The molecule has 1 aliphatic carbocycles. The minimum Gasteiger partial charge on any atom is -0.481 e. The number of carboxylic acids is 1. The van der Waals surface area contributed by atoms with E-state index in [0.717, 1.165) is 12.1 Å². The molecule has 134 valence electrons. The van der Waals surface area contributed by atoms with Crippen molar-refractivity contribution in [1.82, 2.24) is 9.78 Å². The van der Waals surface area contributed by atoms with Gasteiger partial charge in [-0.25, -0.2) is 8.78 Å².